The van der Waals surface area contributed by atoms with E-state index in [0.717, 1.165) is 67.7 Å². The van der Waals surface area contributed by atoms with Gasteiger partial charge in [0, 0.05) is 37.7 Å². The van der Waals surface area contributed by atoms with Gasteiger partial charge in [-0.3, -0.25) is 9.88 Å². The average molecular weight is 481 g/mol. The number of hydrogen-bond donors (Lipinski definition) is 0. The zero-order chi connectivity index (χ0) is 23.9. The summed E-state index contributed by atoms with van der Waals surface area (Å²) in [5, 5.41) is 8.79. The van der Waals surface area contributed by atoms with E-state index >= 15 is 0 Å². The molecule has 8 nitrogen and oxygen atoms in total. The Bertz CT molecular complexity index is 1110. The fourth-order valence-electron chi connectivity index (χ4n) is 3.91. The van der Waals surface area contributed by atoms with Crippen molar-refractivity contribution in [1.82, 2.24) is 24.6 Å². The maximum atomic E-state index is 5.79. The molecule has 0 N–H and O–H groups in total. The van der Waals surface area contributed by atoms with E-state index in [9.17, 15) is 0 Å². The van der Waals surface area contributed by atoms with Gasteiger partial charge in [-0.2, -0.15) is 0 Å². The fraction of sp³-hybridized carbons (Fsp3) is 0.440. The molecule has 0 spiro atoms. The molecule has 34 heavy (non-hydrogen) atoms. The molecule has 0 amide bonds. The van der Waals surface area contributed by atoms with E-state index in [-0.39, 0.29) is 5.78 Å². The first-order chi connectivity index (χ1) is 16.6. The molecule has 1 fully saturated rings. The summed E-state index contributed by atoms with van der Waals surface area (Å²) in [6.07, 6.45) is 5.61. The minimum atomic E-state index is 0.277. The summed E-state index contributed by atoms with van der Waals surface area (Å²) >= 11 is 0. The zero-order valence-corrected chi connectivity index (χ0v) is 21.3. The SMILES string of the molecule is CCCCOc1cncc(-c2nnc(C(C)=Nc3ccc(C(P)N4CCOCC4)cc3)n2C)c1. The average Bonchev–Trinajstić information content (AvgIpc) is 3.26. The van der Waals surface area contributed by atoms with Crippen molar-refractivity contribution in [3.05, 3.63) is 54.1 Å². The van der Waals surface area contributed by atoms with Crippen LogP contribution < -0.4 is 4.74 Å². The van der Waals surface area contributed by atoms with Crippen molar-refractivity contribution >= 4 is 20.6 Å². The molecule has 0 bridgehead atoms. The number of morpholine rings is 1. The number of pyridine rings is 1. The lowest BCUT2D eigenvalue weighted by molar-refractivity contribution is 0.0322. The highest BCUT2D eigenvalue weighted by molar-refractivity contribution is 7.17. The van der Waals surface area contributed by atoms with Crippen LogP contribution in [-0.2, 0) is 11.8 Å². The van der Waals surface area contributed by atoms with Crippen LogP contribution in [-0.4, -0.2) is 63.3 Å². The number of ether oxygens (including phenoxy) is 2. The van der Waals surface area contributed by atoms with Crippen LogP contribution in [0.5, 0.6) is 5.75 Å². The second-order valence-electron chi connectivity index (χ2n) is 8.40. The van der Waals surface area contributed by atoms with Gasteiger partial charge in [-0.05, 0) is 37.1 Å². The van der Waals surface area contributed by atoms with Gasteiger partial charge in [0.1, 0.15) is 5.75 Å². The van der Waals surface area contributed by atoms with Crippen LogP contribution in [0, 0.1) is 0 Å². The van der Waals surface area contributed by atoms with Gasteiger partial charge >= 0.3 is 0 Å². The van der Waals surface area contributed by atoms with E-state index in [0.29, 0.717) is 12.4 Å². The first kappa shape index (κ1) is 24.5. The van der Waals surface area contributed by atoms with Gasteiger partial charge in [0.25, 0.3) is 0 Å². The lowest BCUT2D eigenvalue weighted by Gasteiger charge is -2.32. The Balaban J connectivity index is 1.48. The van der Waals surface area contributed by atoms with E-state index in [1.807, 2.05) is 24.6 Å². The fourth-order valence-corrected chi connectivity index (χ4v) is 4.43. The molecule has 1 aliphatic heterocycles. The first-order valence-corrected chi connectivity index (χ1v) is 12.4. The minimum absolute atomic E-state index is 0.277. The van der Waals surface area contributed by atoms with Crippen LogP contribution >= 0.6 is 9.24 Å². The van der Waals surface area contributed by atoms with E-state index in [1.165, 1.54) is 5.56 Å². The summed E-state index contributed by atoms with van der Waals surface area (Å²) < 4.78 is 13.2. The molecule has 9 heteroatoms. The second kappa shape index (κ2) is 11.6. The molecular formula is C25H33N6O2P. The summed E-state index contributed by atoms with van der Waals surface area (Å²) in [4.78, 5) is 11.5. The molecule has 4 rings (SSSR count). The van der Waals surface area contributed by atoms with Crippen molar-refractivity contribution in [2.24, 2.45) is 12.0 Å². The Morgan fingerprint density at radius 2 is 1.94 bits per heavy atom. The Kier molecular flexibility index (Phi) is 8.38. The molecule has 3 aromatic rings. The first-order valence-electron chi connectivity index (χ1n) is 11.8. The Labute approximate surface area is 203 Å². The summed E-state index contributed by atoms with van der Waals surface area (Å²) in [6, 6.07) is 10.3. The highest BCUT2D eigenvalue weighted by Gasteiger charge is 2.19. The van der Waals surface area contributed by atoms with Gasteiger partial charge in [-0.15, -0.1) is 19.4 Å². The third-order valence-corrected chi connectivity index (χ3v) is 6.71. The van der Waals surface area contributed by atoms with Crippen LogP contribution in [0.4, 0.5) is 5.69 Å². The van der Waals surface area contributed by atoms with Crippen LogP contribution in [0.15, 0.2) is 47.7 Å². The van der Waals surface area contributed by atoms with Crippen molar-refractivity contribution in [2.45, 2.75) is 32.5 Å². The molecule has 1 aliphatic rings. The predicted molar refractivity (Wildman–Crippen MR) is 138 cm³/mol. The van der Waals surface area contributed by atoms with E-state index in [4.69, 9.17) is 14.5 Å². The van der Waals surface area contributed by atoms with Crippen molar-refractivity contribution in [3.63, 3.8) is 0 Å². The quantitative estimate of drug-likeness (QED) is 0.257. The molecule has 2 atom stereocenters. The number of hydrogen-bond acceptors (Lipinski definition) is 7. The highest BCUT2D eigenvalue weighted by atomic mass is 31.0. The molecule has 0 aliphatic carbocycles. The molecule has 0 radical (unpaired) electrons. The lowest BCUT2D eigenvalue weighted by Crippen LogP contribution is -2.36. The predicted octanol–water partition coefficient (Wildman–Crippen LogP) is 4.40. The molecule has 180 valence electrons. The van der Waals surface area contributed by atoms with Crippen LogP contribution in [0.1, 0.15) is 43.9 Å². The van der Waals surface area contributed by atoms with Crippen molar-refractivity contribution in [3.8, 4) is 17.1 Å². The Morgan fingerprint density at radius 1 is 1.18 bits per heavy atom. The summed E-state index contributed by atoms with van der Waals surface area (Å²) in [5.41, 5.74) is 3.80. The number of unbranched alkanes of at least 4 members (excludes halogenated alkanes) is 1. The maximum Gasteiger partial charge on any atom is 0.178 e. The third-order valence-electron chi connectivity index (χ3n) is 5.91. The molecular weight excluding hydrogens is 447 g/mol. The normalized spacial score (nSPS) is 15.9. The van der Waals surface area contributed by atoms with Gasteiger partial charge < -0.3 is 14.0 Å². The second-order valence-corrected chi connectivity index (χ2v) is 9.03. The molecule has 3 heterocycles. The van der Waals surface area contributed by atoms with Crippen molar-refractivity contribution < 1.29 is 9.47 Å². The molecule has 0 saturated carbocycles. The van der Waals surface area contributed by atoms with E-state index in [2.05, 4.69) is 60.5 Å². The van der Waals surface area contributed by atoms with Crippen LogP contribution in [0.2, 0.25) is 0 Å². The lowest BCUT2D eigenvalue weighted by atomic mass is 10.2. The molecule has 1 aromatic carbocycles. The van der Waals surface area contributed by atoms with E-state index < -0.39 is 0 Å². The largest absolute Gasteiger partial charge is 0.492 e. The molecule has 2 unspecified atom stereocenters. The standard InChI is InChI=1S/C25H33N6O2P/c1-4-5-12-33-22-15-20(16-26-17-22)24-29-28-23(30(24)3)18(2)27-21-8-6-19(7-9-21)25(34)31-10-13-32-14-11-31/h6-9,15-17,25H,4-5,10-14,34H2,1-3H3. The van der Waals surface area contributed by atoms with E-state index in [1.54, 1.807) is 12.4 Å². The van der Waals surface area contributed by atoms with Crippen LogP contribution in [0.25, 0.3) is 11.4 Å². The number of aromatic nitrogens is 4. The van der Waals surface area contributed by atoms with Gasteiger partial charge in [0.2, 0.25) is 0 Å². The number of rotatable bonds is 9. The number of benzene rings is 1. The monoisotopic (exact) mass is 480 g/mol. The summed E-state index contributed by atoms with van der Waals surface area (Å²) in [6.45, 7) is 8.26. The Hall–Kier alpha value is -2.67. The molecule has 2 aromatic heterocycles. The zero-order valence-electron chi connectivity index (χ0n) is 20.1. The van der Waals surface area contributed by atoms with Gasteiger partial charge in [-0.1, -0.05) is 25.5 Å². The van der Waals surface area contributed by atoms with Crippen molar-refractivity contribution in [2.75, 3.05) is 32.9 Å². The van der Waals surface area contributed by atoms with Crippen molar-refractivity contribution in [1.29, 1.82) is 0 Å². The smallest absolute Gasteiger partial charge is 0.178 e. The maximum absolute atomic E-state index is 5.79. The molecule has 1 saturated heterocycles. The van der Waals surface area contributed by atoms with Gasteiger partial charge in [-0.25, -0.2) is 4.99 Å². The third kappa shape index (κ3) is 5.87. The Morgan fingerprint density at radius 3 is 2.68 bits per heavy atom. The topological polar surface area (TPSA) is 77.7 Å². The van der Waals surface area contributed by atoms with Gasteiger partial charge in [0.15, 0.2) is 11.6 Å². The van der Waals surface area contributed by atoms with Gasteiger partial charge in [0.05, 0.1) is 37.4 Å². The minimum Gasteiger partial charge on any atom is -0.492 e. The number of nitrogens with zero attached hydrogens (tertiary/aromatic N) is 6. The number of aliphatic imine (C=N–C) groups is 1. The summed E-state index contributed by atoms with van der Waals surface area (Å²) in [5.74, 6) is 2.46. The van der Waals surface area contributed by atoms with Crippen LogP contribution in [0.3, 0.4) is 0 Å². The summed E-state index contributed by atoms with van der Waals surface area (Å²) in [7, 11) is 4.89. The highest BCUT2D eigenvalue weighted by Crippen LogP contribution is 2.29.